The highest BCUT2D eigenvalue weighted by Crippen LogP contribution is 2.45. The number of nitrogens with zero attached hydrogens (tertiary/aromatic N) is 1. The molecule has 1 aliphatic rings. The molecule has 110 valence electrons. The smallest absolute Gasteiger partial charge is 0.272 e. The summed E-state index contributed by atoms with van der Waals surface area (Å²) in [6.45, 7) is 0.0395. The van der Waals surface area contributed by atoms with Crippen LogP contribution in [0.15, 0.2) is 18.2 Å². The van der Waals surface area contributed by atoms with Crippen molar-refractivity contribution in [2.75, 3.05) is 6.54 Å². The van der Waals surface area contributed by atoms with Gasteiger partial charge in [0.1, 0.15) is 5.82 Å². The van der Waals surface area contributed by atoms with E-state index in [0.717, 1.165) is 6.07 Å². The number of nitrogens with two attached hydrogens (primary N) is 1. The molecular formula is C13H15F3N2O2. The number of alkyl halides is 2. The molecule has 2 rings (SSSR count). The summed E-state index contributed by atoms with van der Waals surface area (Å²) in [5.41, 5.74) is 4.65. The SMILES string of the molecule is NCC1(c2ccc([N+](=O)[O-])cc2F)CCC(F)(F)CC1. The Morgan fingerprint density at radius 3 is 2.30 bits per heavy atom. The number of rotatable bonds is 3. The second kappa shape index (κ2) is 5.05. The third kappa shape index (κ3) is 2.63. The molecule has 1 aromatic carbocycles. The maximum absolute atomic E-state index is 14.1. The zero-order valence-electron chi connectivity index (χ0n) is 10.7. The Bertz CT molecular complexity index is 524. The Morgan fingerprint density at radius 1 is 1.25 bits per heavy atom. The van der Waals surface area contributed by atoms with Gasteiger partial charge in [0.15, 0.2) is 0 Å². The van der Waals surface area contributed by atoms with Crippen molar-refractivity contribution in [1.29, 1.82) is 0 Å². The summed E-state index contributed by atoms with van der Waals surface area (Å²) in [6, 6.07) is 3.30. The molecular weight excluding hydrogens is 273 g/mol. The van der Waals surface area contributed by atoms with Gasteiger partial charge in [0.05, 0.1) is 11.0 Å². The summed E-state index contributed by atoms with van der Waals surface area (Å²) < 4.78 is 40.6. The Kier molecular flexibility index (Phi) is 3.73. The summed E-state index contributed by atoms with van der Waals surface area (Å²) in [7, 11) is 0. The number of hydrogen-bond donors (Lipinski definition) is 1. The maximum atomic E-state index is 14.1. The summed E-state index contributed by atoms with van der Waals surface area (Å²) in [5.74, 6) is -3.49. The van der Waals surface area contributed by atoms with Crippen molar-refractivity contribution in [2.45, 2.75) is 37.0 Å². The van der Waals surface area contributed by atoms with E-state index >= 15 is 0 Å². The minimum atomic E-state index is -2.74. The first-order valence-corrected chi connectivity index (χ1v) is 6.32. The lowest BCUT2D eigenvalue weighted by Crippen LogP contribution is -2.42. The molecule has 0 radical (unpaired) electrons. The van der Waals surface area contributed by atoms with Crippen LogP contribution in [0.1, 0.15) is 31.2 Å². The van der Waals surface area contributed by atoms with E-state index in [9.17, 15) is 23.3 Å². The predicted molar refractivity (Wildman–Crippen MR) is 67.2 cm³/mol. The van der Waals surface area contributed by atoms with Crippen LogP contribution in [-0.2, 0) is 5.41 Å². The topological polar surface area (TPSA) is 69.2 Å². The molecule has 0 unspecified atom stereocenters. The van der Waals surface area contributed by atoms with E-state index in [-0.39, 0.29) is 43.5 Å². The van der Waals surface area contributed by atoms with Crippen molar-refractivity contribution in [3.05, 3.63) is 39.7 Å². The molecule has 1 saturated carbocycles. The van der Waals surface area contributed by atoms with Gasteiger partial charge in [0, 0.05) is 30.9 Å². The normalized spacial score (nSPS) is 20.6. The monoisotopic (exact) mass is 288 g/mol. The molecule has 0 saturated heterocycles. The van der Waals surface area contributed by atoms with E-state index in [2.05, 4.69) is 0 Å². The molecule has 0 aliphatic heterocycles. The molecule has 0 aromatic heterocycles. The van der Waals surface area contributed by atoms with Crippen LogP contribution in [0.5, 0.6) is 0 Å². The van der Waals surface area contributed by atoms with E-state index in [1.165, 1.54) is 12.1 Å². The first-order valence-electron chi connectivity index (χ1n) is 6.32. The largest absolute Gasteiger partial charge is 0.330 e. The number of halogens is 3. The Labute approximate surface area is 113 Å². The van der Waals surface area contributed by atoms with Crippen LogP contribution < -0.4 is 5.73 Å². The number of hydrogen-bond acceptors (Lipinski definition) is 3. The van der Waals surface area contributed by atoms with Crippen LogP contribution in [0.25, 0.3) is 0 Å². The molecule has 2 N–H and O–H groups in total. The molecule has 20 heavy (non-hydrogen) atoms. The van der Waals surface area contributed by atoms with E-state index in [4.69, 9.17) is 5.73 Å². The highest BCUT2D eigenvalue weighted by atomic mass is 19.3. The minimum Gasteiger partial charge on any atom is -0.330 e. The Balaban J connectivity index is 2.35. The summed E-state index contributed by atoms with van der Waals surface area (Å²) in [6.07, 6.45) is -0.544. The second-order valence-corrected chi connectivity index (χ2v) is 5.26. The zero-order valence-corrected chi connectivity index (χ0v) is 10.7. The molecule has 1 fully saturated rings. The zero-order chi connectivity index (χ0) is 15.0. The van der Waals surface area contributed by atoms with Gasteiger partial charge in [-0.1, -0.05) is 0 Å². The maximum Gasteiger partial charge on any atom is 0.272 e. The minimum absolute atomic E-state index is 0.0395. The van der Waals surface area contributed by atoms with Crippen LogP contribution in [0.2, 0.25) is 0 Å². The van der Waals surface area contributed by atoms with Crippen molar-refractivity contribution < 1.29 is 18.1 Å². The van der Waals surface area contributed by atoms with E-state index < -0.39 is 22.1 Å². The molecule has 7 heteroatoms. The third-order valence-corrected chi connectivity index (χ3v) is 4.06. The summed E-state index contributed by atoms with van der Waals surface area (Å²) >= 11 is 0. The molecule has 1 aromatic rings. The van der Waals surface area contributed by atoms with Gasteiger partial charge in [-0.15, -0.1) is 0 Å². The Hall–Kier alpha value is -1.63. The lowest BCUT2D eigenvalue weighted by atomic mass is 9.68. The van der Waals surface area contributed by atoms with Crippen molar-refractivity contribution >= 4 is 5.69 Å². The number of nitro benzene ring substituents is 1. The van der Waals surface area contributed by atoms with Crippen LogP contribution in [0, 0.1) is 15.9 Å². The number of non-ortho nitro benzene ring substituents is 1. The van der Waals surface area contributed by atoms with E-state index in [1.54, 1.807) is 0 Å². The third-order valence-electron chi connectivity index (χ3n) is 4.06. The fraction of sp³-hybridized carbons (Fsp3) is 0.538. The molecule has 1 aliphatic carbocycles. The summed E-state index contributed by atoms with van der Waals surface area (Å²) in [4.78, 5) is 9.89. The van der Waals surface area contributed by atoms with Gasteiger partial charge in [-0.05, 0) is 24.5 Å². The van der Waals surface area contributed by atoms with Crippen molar-refractivity contribution in [1.82, 2.24) is 0 Å². The molecule has 0 atom stereocenters. The summed E-state index contributed by atoms with van der Waals surface area (Å²) in [5, 5.41) is 10.6. The second-order valence-electron chi connectivity index (χ2n) is 5.26. The fourth-order valence-corrected chi connectivity index (χ4v) is 2.73. The average Bonchev–Trinajstić information content (AvgIpc) is 2.40. The molecule has 0 spiro atoms. The van der Waals surface area contributed by atoms with Crippen LogP contribution in [-0.4, -0.2) is 17.4 Å². The molecule has 4 nitrogen and oxygen atoms in total. The van der Waals surface area contributed by atoms with Crippen LogP contribution in [0.3, 0.4) is 0 Å². The number of benzene rings is 1. The van der Waals surface area contributed by atoms with Gasteiger partial charge in [-0.3, -0.25) is 10.1 Å². The van der Waals surface area contributed by atoms with Gasteiger partial charge in [0.2, 0.25) is 5.92 Å². The van der Waals surface area contributed by atoms with E-state index in [0.29, 0.717) is 0 Å². The highest BCUT2D eigenvalue weighted by Gasteiger charge is 2.44. The van der Waals surface area contributed by atoms with Crippen LogP contribution in [0.4, 0.5) is 18.9 Å². The van der Waals surface area contributed by atoms with E-state index in [1.807, 2.05) is 0 Å². The van der Waals surface area contributed by atoms with Crippen molar-refractivity contribution in [2.24, 2.45) is 5.73 Å². The van der Waals surface area contributed by atoms with Gasteiger partial charge >= 0.3 is 0 Å². The number of nitro groups is 1. The molecule has 0 bridgehead atoms. The van der Waals surface area contributed by atoms with Gasteiger partial charge in [-0.25, -0.2) is 13.2 Å². The first kappa shape index (κ1) is 14.8. The van der Waals surface area contributed by atoms with Gasteiger partial charge in [-0.2, -0.15) is 0 Å². The average molecular weight is 288 g/mol. The van der Waals surface area contributed by atoms with Crippen LogP contribution >= 0.6 is 0 Å². The van der Waals surface area contributed by atoms with Crippen molar-refractivity contribution in [3.63, 3.8) is 0 Å². The van der Waals surface area contributed by atoms with Gasteiger partial charge < -0.3 is 5.73 Å². The predicted octanol–water partition coefficient (Wildman–Crippen LogP) is 3.14. The Morgan fingerprint density at radius 2 is 1.85 bits per heavy atom. The quantitative estimate of drug-likeness (QED) is 0.686. The lowest BCUT2D eigenvalue weighted by molar-refractivity contribution is -0.385. The van der Waals surface area contributed by atoms with Crippen molar-refractivity contribution in [3.8, 4) is 0 Å². The van der Waals surface area contributed by atoms with Gasteiger partial charge in [0.25, 0.3) is 5.69 Å². The lowest BCUT2D eigenvalue weighted by Gasteiger charge is -2.39. The molecule has 0 amide bonds. The standard InChI is InChI=1S/C13H15F3N2O2/c14-11-7-9(18(19)20)1-2-10(11)12(8-17)3-5-13(15,16)6-4-12/h1-2,7H,3-6,8,17H2. The highest BCUT2D eigenvalue weighted by molar-refractivity contribution is 5.38. The first-order chi connectivity index (χ1) is 9.30. The molecule has 0 heterocycles. The fourth-order valence-electron chi connectivity index (χ4n) is 2.73.